The molecule has 1 aromatic rings. The second-order valence-corrected chi connectivity index (χ2v) is 6.79. The van der Waals surface area contributed by atoms with Crippen molar-refractivity contribution >= 4 is 17.7 Å². The molecule has 0 fully saturated rings. The number of halogens is 3. The Morgan fingerprint density at radius 2 is 1.78 bits per heavy atom. The summed E-state index contributed by atoms with van der Waals surface area (Å²) in [7, 11) is 0. The van der Waals surface area contributed by atoms with Gasteiger partial charge in [-0.1, -0.05) is 6.08 Å². The van der Waals surface area contributed by atoms with Crippen molar-refractivity contribution in [1.29, 1.82) is 0 Å². The molecule has 3 rings (SSSR count). The van der Waals surface area contributed by atoms with E-state index in [9.17, 15) is 27.6 Å². The Hall–Kier alpha value is -3.31. The summed E-state index contributed by atoms with van der Waals surface area (Å²) in [6.07, 6.45) is -1.87. The standard InChI is InChI=1S/C20H21F3N2O7/c1-3-29-18(27)16-15(20(21,22)23)17(19(28)30-4-2)25(24-16)10-12(26)11-5-6-13-14(9-11)32-8-7-31-13/h5-6,11H,3-4,7-10H2,1-2H3. The molecule has 0 saturated heterocycles. The smallest absolute Gasteiger partial charge is 0.421 e. The summed E-state index contributed by atoms with van der Waals surface area (Å²) in [6.45, 7) is 2.38. The number of ketones is 1. The Morgan fingerprint density at radius 3 is 2.44 bits per heavy atom. The Balaban J connectivity index is 1.97. The molecule has 2 heterocycles. The van der Waals surface area contributed by atoms with Crippen molar-refractivity contribution < 1.29 is 46.5 Å². The van der Waals surface area contributed by atoms with Crippen LogP contribution in [0.5, 0.6) is 0 Å². The number of allylic oxidation sites excluding steroid dienone is 3. The molecule has 0 N–H and O–H groups in total. The molecule has 1 unspecified atom stereocenters. The zero-order chi connectivity index (χ0) is 23.5. The molecule has 9 nitrogen and oxygen atoms in total. The van der Waals surface area contributed by atoms with Gasteiger partial charge in [0.15, 0.2) is 22.9 Å². The molecule has 174 valence electrons. The molecule has 1 atom stereocenters. The molecule has 1 aliphatic carbocycles. The monoisotopic (exact) mass is 458 g/mol. The molecular formula is C20H21F3N2O7. The highest BCUT2D eigenvalue weighted by molar-refractivity contribution is 5.97. The van der Waals surface area contributed by atoms with Gasteiger partial charge < -0.3 is 18.9 Å². The molecule has 12 heteroatoms. The lowest BCUT2D eigenvalue weighted by atomic mass is 9.93. The van der Waals surface area contributed by atoms with Crippen LogP contribution in [-0.2, 0) is 36.5 Å². The van der Waals surface area contributed by atoms with Crippen LogP contribution < -0.4 is 0 Å². The predicted octanol–water partition coefficient (Wildman–Crippen LogP) is 2.66. The van der Waals surface area contributed by atoms with E-state index in [0.29, 0.717) is 29.4 Å². The van der Waals surface area contributed by atoms with Crippen molar-refractivity contribution in [2.24, 2.45) is 5.92 Å². The van der Waals surface area contributed by atoms with E-state index < -0.39 is 53.3 Å². The topological polar surface area (TPSA) is 106 Å². The van der Waals surface area contributed by atoms with Crippen molar-refractivity contribution in [3.8, 4) is 0 Å². The van der Waals surface area contributed by atoms with Crippen molar-refractivity contribution in [2.75, 3.05) is 26.4 Å². The van der Waals surface area contributed by atoms with Crippen LogP contribution in [0.4, 0.5) is 13.2 Å². The maximum absolute atomic E-state index is 13.8. The summed E-state index contributed by atoms with van der Waals surface area (Å²) in [5.41, 5.74) is -3.74. The number of alkyl halides is 3. The summed E-state index contributed by atoms with van der Waals surface area (Å²) >= 11 is 0. The van der Waals surface area contributed by atoms with Gasteiger partial charge in [0.25, 0.3) is 0 Å². The van der Waals surface area contributed by atoms with Crippen molar-refractivity contribution in [2.45, 2.75) is 33.0 Å². The number of carbonyl (C=O) groups is 3. The molecule has 0 bridgehead atoms. The number of rotatable bonds is 7. The minimum atomic E-state index is -5.12. The van der Waals surface area contributed by atoms with Crippen LogP contribution >= 0.6 is 0 Å². The molecule has 0 radical (unpaired) electrons. The van der Waals surface area contributed by atoms with E-state index in [-0.39, 0.29) is 19.6 Å². The van der Waals surface area contributed by atoms with Gasteiger partial charge >= 0.3 is 18.1 Å². The Morgan fingerprint density at radius 1 is 1.12 bits per heavy atom. The fourth-order valence-corrected chi connectivity index (χ4v) is 3.32. The van der Waals surface area contributed by atoms with Crippen LogP contribution in [0.3, 0.4) is 0 Å². The maximum atomic E-state index is 13.8. The summed E-state index contributed by atoms with van der Waals surface area (Å²) in [6, 6.07) is 0. The zero-order valence-corrected chi connectivity index (χ0v) is 17.4. The van der Waals surface area contributed by atoms with Crippen LogP contribution in [0.2, 0.25) is 0 Å². The Labute approximate surface area is 180 Å². The van der Waals surface area contributed by atoms with E-state index in [4.69, 9.17) is 14.2 Å². The largest absolute Gasteiger partial charge is 0.490 e. The molecular weight excluding hydrogens is 437 g/mol. The van der Waals surface area contributed by atoms with Gasteiger partial charge in [-0.2, -0.15) is 18.3 Å². The lowest BCUT2D eigenvalue weighted by molar-refractivity contribution is -0.139. The van der Waals surface area contributed by atoms with Gasteiger partial charge in [0.2, 0.25) is 0 Å². The number of hydrogen-bond acceptors (Lipinski definition) is 8. The third-order valence-corrected chi connectivity index (χ3v) is 4.67. The molecule has 0 aromatic carbocycles. The maximum Gasteiger partial charge on any atom is 0.421 e. The van der Waals surface area contributed by atoms with Crippen molar-refractivity contribution in [1.82, 2.24) is 9.78 Å². The minimum absolute atomic E-state index is 0.150. The summed E-state index contributed by atoms with van der Waals surface area (Å²) < 4.78 is 62.2. The second kappa shape index (κ2) is 9.45. The highest BCUT2D eigenvalue weighted by atomic mass is 19.4. The lowest BCUT2D eigenvalue weighted by Crippen LogP contribution is -2.27. The first-order valence-electron chi connectivity index (χ1n) is 9.89. The van der Waals surface area contributed by atoms with Crippen LogP contribution in [0.1, 0.15) is 46.8 Å². The number of carbonyl (C=O) groups excluding carboxylic acids is 3. The van der Waals surface area contributed by atoms with Gasteiger partial charge in [-0.15, -0.1) is 0 Å². The number of Topliss-reactive ketones (excluding diaryl/α,β-unsaturated/α-hetero) is 1. The zero-order valence-electron chi connectivity index (χ0n) is 17.4. The second-order valence-electron chi connectivity index (χ2n) is 6.79. The first-order valence-corrected chi connectivity index (χ1v) is 9.89. The third kappa shape index (κ3) is 4.78. The van der Waals surface area contributed by atoms with E-state index in [2.05, 4.69) is 9.84 Å². The molecule has 2 aliphatic rings. The first kappa shape index (κ1) is 23.4. The minimum Gasteiger partial charge on any atom is -0.490 e. The third-order valence-electron chi connectivity index (χ3n) is 4.67. The number of hydrogen-bond donors (Lipinski definition) is 0. The van der Waals surface area contributed by atoms with Gasteiger partial charge in [-0.25, -0.2) is 14.3 Å². The van der Waals surface area contributed by atoms with E-state index in [1.54, 1.807) is 12.2 Å². The average molecular weight is 458 g/mol. The fraction of sp³-hybridized carbons (Fsp3) is 0.500. The quantitative estimate of drug-likeness (QED) is 0.575. The first-order chi connectivity index (χ1) is 15.2. The van der Waals surface area contributed by atoms with E-state index in [1.165, 1.54) is 13.8 Å². The molecule has 0 saturated carbocycles. The molecule has 0 spiro atoms. The van der Waals surface area contributed by atoms with Gasteiger partial charge in [0, 0.05) is 12.3 Å². The molecule has 32 heavy (non-hydrogen) atoms. The predicted molar refractivity (Wildman–Crippen MR) is 100 cm³/mol. The molecule has 1 aromatic heterocycles. The number of aromatic nitrogens is 2. The van der Waals surface area contributed by atoms with Crippen LogP contribution in [-0.4, -0.2) is 53.9 Å². The summed E-state index contributed by atoms with van der Waals surface area (Å²) in [5.74, 6) is -3.04. The highest BCUT2D eigenvalue weighted by Gasteiger charge is 2.45. The van der Waals surface area contributed by atoms with Gasteiger partial charge in [0.1, 0.15) is 31.1 Å². The Bertz CT molecular complexity index is 979. The van der Waals surface area contributed by atoms with E-state index >= 15 is 0 Å². The number of ether oxygens (including phenoxy) is 4. The van der Waals surface area contributed by atoms with Gasteiger partial charge in [-0.3, -0.25) is 4.79 Å². The molecule has 0 amide bonds. The number of esters is 2. The van der Waals surface area contributed by atoms with Crippen LogP contribution in [0, 0.1) is 5.92 Å². The van der Waals surface area contributed by atoms with Crippen molar-refractivity contribution in [3.05, 3.63) is 40.6 Å². The highest BCUT2D eigenvalue weighted by Crippen LogP contribution is 2.36. The van der Waals surface area contributed by atoms with Crippen LogP contribution in [0.25, 0.3) is 0 Å². The van der Waals surface area contributed by atoms with Crippen LogP contribution in [0.15, 0.2) is 23.7 Å². The van der Waals surface area contributed by atoms with E-state index in [1.807, 2.05) is 0 Å². The average Bonchev–Trinajstić information content (AvgIpc) is 3.13. The number of nitrogens with zero attached hydrogens (tertiary/aromatic N) is 2. The molecule has 1 aliphatic heterocycles. The lowest BCUT2D eigenvalue weighted by Gasteiger charge is -2.25. The summed E-state index contributed by atoms with van der Waals surface area (Å²) in [4.78, 5) is 37.3. The van der Waals surface area contributed by atoms with Crippen molar-refractivity contribution in [3.63, 3.8) is 0 Å². The normalized spacial score (nSPS) is 17.8. The summed E-state index contributed by atoms with van der Waals surface area (Å²) in [5, 5.41) is 3.62. The van der Waals surface area contributed by atoms with Gasteiger partial charge in [0.05, 0.1) is 13.2 Å². The van der Waals surface area contributed by atoms with Gasteiger partial charge in [-0.05, 0) is 19.9 Å². The Kier molecular flexibility index (Phi) is 6.90. The van der Waals surface area contributed by atoms with E-state index in [0.717, 1.165) is 0 Å². The SMILES string of the molecule is CCOC(=O)c1nn(CC(=O)C2C=CC3=C(C2)OCCO3)c(C(=O)OCC)c1C(F)(F)F. The fourth-order valence-electron chi connectivity index (χ4n) is 3.32.